The highest BCUT2D eigenvalue weighted by Crippen LogP contribution is 2.29. The molecule has 0 saturated heterocycles. The fraction of sp³-hybridized carbons (Fsp3) is 0.229. The third-order valence-electron chi connectivity index (χ3n) is 7.36. The van der Waals surface area contributed by atoms with E-state index in [2.05, 4.69) is 5.32 Å². The summed E-state index contributed by atoms with van der Waals surface area (Å²) < 4.78 is 12.8. The van der Waals surface area contributed by atoms with Crippen molar-refractivity contribution in [3.05, 3.63) is 125 Å². The van der Waals surface area contributed by atoms with Gasteiger partial charge in [-0.15, -0.1) is 0 Å². The fourth-order valence-electron chi connectivity index (χ4n) is 5.25. The Morgan fingerprint density at radius 2 is 1.60 bits per heavy atom. The van der Waals surface area contributed by atoms with Gasteiger partial charge in [-0.3, -0.25) is 9.36 Å². The lowest BCUT2D eigenvalue weighted by atomic mass is 10.1. The summed E-state index contributed by atoms with van der Waals surface area (Å²) in [5.74, 6) is 1.75. The number of nitrogens with zero attached hydrogens (tertiary/aromatic N) is 3. The van der Waals surface area contributed by atoms with E-state index >= 15 is 0 Å². The van der Waals surface area contributed by atoms with E-state index in [1.54, 1.807) is 34.8 Å². The number of hydrogen-bond acceptors (Lipinski definition) is 5. The molecule has 1 unspecified atom stereocenters. The molecule has 0 saturated carbocycles. The smallest absolute Gasteiger partial charge is 0.322 e. The second kappa shape index (κ2) is 13.7. The van der Waals surface area contributed by atoms with Gasteiger partial charge in [0.2, 0.25) is 0 Å². The highest BCUT2D eigenvalue weighted by molar-refractivity contribution is 5.91. The molecule has 0 fully saturated rings. The molecule has 5 rings (SSSR count). The molecule has 0 bridgehead atoms. The molecule has 5 aromatic rings. The molecular formula is C35H36N4O4. The van der Waals surface area contributed by atoms with Gasteiger partial charge >= 0.3 is 6.03 Å². The Labute approximate surface area is 251 Å². The van der Waals surface area contributed by atoms with Gasteiger partial charge in [-0.25, -0.2) is 9.78 Å². The number of hydrogen-bond donors (Lipinski definition) is 1. The Morgan fingerprint density at radius 1 is 0.907 bits per heavy atom. The van der Waals surface area contributed by atoms with E-state index in [0.29, 0.717) is 65.6 Å². The van der Waals surface area contributed by atoms with Gasteiger partial charge < -0.3 is 19.7 Å². The second-order valence-electron chi connectivity index (χ2n) is 10.0. The molecule has 43 heavy (non-hydrogen) atoms. The van der Waals surface area contributed by atoms with Crippen molar-refractivity contribution in [1.82, 2.24) is 14.5 Å². The molecule has 2 amide bonds. The van der Waals surface area contributed by atoms with Crippen LogP contribution >= 0.6 is 0 Å². The minimum Gasteiger partial charge on any atom is -0.495 e. The standard InChI is InChI=1S/C35H36N4O4/c1-4-31(38(24-23-25-13-7-6-8-14-25)35(41)37-30-17-11-12-18-32(30)42-3)33-36-29-16-10-9-15-28(29)34(40)39(33)26-19-21-27(22-20-26)43-5-2/h6-22,31H,4-5,23-24H2,1-3H3,(H,37,41). The Bertz CT molecular complexity index is 1740. The van der Waals surface area contributed by atoms with Crippen LogP contribution < -0.4 is 20.3 Å². The zero-order chi connectivity index (χ0) is 30.2. The third-order valence-corrected chi connectivity index (χ3v) is 7.36. The maximum absolute atomic E-state index is 14.1. The lowest BCUT2D eigenvalue weighted by Gasteiger charge is -2.32. The van der Waals surface area contributed by atoms with Crippen LogP contribution in [0.3, 0.4) is 0 Å². The van der Waals surface area contributed by atoms with Crippen molar-refractivity contribution in [2.24, 2.45) is 0 Å². The maximum Gasteiger partial charge on any atom is 0.322 e. The predicted molar refractivity (Wildman–Crippen MR) is 170 cm³/mol. The SMILES string of the molecule is CCOc1ccc(-n2c(C(CC)N(CCc3ccccc3)C(=O)Nc3ccccc3OC)nc3ccccc3c2=O)cc1. The van der Waals surface area contributed by atoms with E-state index in [0.717, 1.165) is 5.56 Å². The number of fused-ring (bicyclic) bond motifs is 1. The summed E-state index contributed by atoms with van der Waals surface area (Å²) in [4.78, 5) is 35.0. The number of aromatic nitrogens is 2. The van der Waals surface area contributed by atoms with Crippen LogP contribution in [0.2, 0.25) is 0 Å². The molecule has 0 aliphatic rings. The van der Waals surface area contributed by atoms with Gasteiger partial charge in [0.25, 0.3) is 5.56 Å². The first-order valence-electron chi connectivity index (χ1n) is 14.5. The number of carbonyl (C=O) groups excluding carboxylic acids is 1. The Kier molecular flexibility index (Phi) is 9.36. The first kappa shape index (κ1) is 29.4. The van der Waals surface area contributed by atoms with Crippen molar-refractivity contribution in [1.29, 1.82) is 0 Å². The Balaban J connectivity index is 1.63. The molecule has 1 N–H and O–H groups in total. The quantitative estimate of drug-likeness (QED) is 0.183. The summed E-state index contributed by atoms with van der Waals surface area (Å²) in [6, 6.07) is 31.2. The molecule has 0 spiro atoms. The normalized spacial score (nSPS) is 11.6. The van der Waals surface area contributed by atoms with Gasteiger partial charge in [0, 0.05) is 6.54 Å². The molecule has 220 valence electrons. The van der Waals surface area contributed by atoms with Gasteiger partial charge in [0.15, 0.2) is 0 Å². The molecule has 4 aromatic carbocycles. The van der Waals surface area contributed by atoms with Gasteiger partial charge in [-0.05, 0) is 73.9 Å². The number of nitrogens with one attached hydrogen (secondary N) is 1. The number of para-hydroxylation sites is 3. The first-order chi connectivity index (χ1) is 21.0. The third kappa shape index (κ3) is 6.54. The number of amides is 2. The maximum atomic E-state index is 14.1. The van der Waals surface area contributed by atoms with Crippen LogP contribution in [0.25, 0.3) is 16.6 Å². The van der Waals surface area contributed by atoms with Crippen molar-refractivity contribution in [3.8, 4) is 17.2 Å². The second-order valence-corrected chi connectivity index (χ2v) is 10.0. The average molecular weight is 577 g/mol. The number of benzene rings is 4. The van der Waals surface area contributed by atoms with Crippen LogP contribution in [0.5, 0.6) is 11.5 Å². The summed E-state index contributed by atoms with van der Waals surface area (Å²) in [7, 11) is 1.57. The molecule has 8 heteroatoms. The number of rotatable bonds is 11. The van der Waals surface area contributed by atoms with Crippen LogP contribution in [0.4, 0.5) is 10.5 Å². The van der Waals surface area contributed by atoms with E-state index in [1.807, 2.05) is 98.8 Å². The zero-order valence-corrected chi connectivity index (χ0v) is 24.7. The summed E-state index contributed by atoms with van der Waals surface area (Å²) in [5, 5.41) is 3.55. The van der Waals surface area contributed by atoms with Crippen molar-refractivity contribution < 1.29 is 14.3 Å². The van der Waals surface area contributed by atoms with E-state index in [4.69, 9.17) is 14.5 Å². The van der Waals surface area contributed by atoms with Crippen molar-refractivity contribution in [2.75, 3.05) is 25.6 Å². The Hall–Kier alpha value is -5.11. The largest absolute Gasteiger partial charge is 0.495 e. The van der Waals surface area contributed by atoms with Crippen LogP contribution in [0.1, 0.15) is 37.7 Å². The van der Waals surface area contributed by atoms with Crippen LogP contribution in [-0.4, -0.2) is 40.7 Å². The van der Waals surface area contributed by atoms with Crippen LogP contribution in [-0.2, 0) is 6.42 Å². The highest BCUT2D eigenvalue weighted by Gasteiger charge is 2.29. The average Bonchev–Trinajstić information content (AvgIpc) is 3.04. The molecule has 0 aliphatic carbocycles. The monoisotopic (exact) mass is 576 g/mol. The minimum atomic E-state index is -0.526. The molecule has 1 atom stereocenters. The summed E-state index contributed by atoms with van der Waals surface area (Å²) in [5.41, 5.74) is 2.69. The van der Waals surface area contributed by atoms with Crippen LogP contribution in [0, 0.1) is 0 Å². The number of urea groups is 1. The molecule has 0 aliphatic heterocycles. The molecule has 1 aromatic heterocycles. The zero-order valence-electron chi connectivity index (χ0n) is 24.7. The molecule has 0 radical (unpaired) electrons. The highest BCUT2D eigenvalue weighted by atomic mass is 16.5. The molecule has 1 heterocycles. The summed E-state index contributed by atoms with van der Waals surface area (Å²) in [6.07, 6.45) is 1.15. The van der Waals surface area contributed by atoms with Crippen molar-refractivity contribution in [2.45, 2.75) is 32.7 Å². The predicted octanol–water partition coefficient (Wildman–Crippen LogP) is 7.02. The lowest BCUT2D eigenvalue weighted by molar-refractivity contribution is 0.182. The number of anilines is 1. The van der Waals surface area contributed by atoms with E-state index < -0.39 is 6.04 Å². The fourth-order valence-corrected chi connectivity index (χ4v) is 5.25. The lowest BCUT2D eigenvalue weighted by Crippen LogP contribution is -2.42. The molecule has 8 nitrogen and oxygen atoms in total. The topological polar surface area (TPSA) is 85.7 Å². The van der Waals surface area contributed by atoms with E-state index in [1.165, 1.54) is 0 Å². The van der Waals surface area contributed by atoms with E-state index in [9.17, 15) is 9.59 Å². The number of ether oxygens (including phenoxy) is 2. The van der Waals surface area contributed by atoms with Crippen molar-refractivity contribution in [3.63, 3.8) is 0 Å². The van der Waals surface area contributed by atoms with Gasteiger partial charge in [0.05, 0.1) is 42.0 Å². The van der Waals surface area contributed by atoms with E-state index in [-0.39, 0.29) is 11.6 Å². The van der Waals surface area contributed by atoms with Crippen LogP contribution in [0.15, 0.2) is 108 Å². The summed E-state index contributed by atoms with van der Waals surface area (Å²) >= 11 is 0. The minimum absolute atomic E-state index is 0.198. The van der Waals surface area contributed by atoms with Gasteiger partial charge in [0.1, 0.15) is 17.3 Å². The van der Waals surface area contributed by atoms with Gasteiger partial charge in [-0.1, -0.05) is 61.5 Å². The van der Waals surface area contributed by atoms with Gasteiger partial charge in [-0.2, -0.15) is 0 Å². The Morgan fingerprint density at radius 3 is 2.33 bits per heavy atom. The first-order valence-corrected chi connectivity index (χ1v) is 14.5. The number of methoxy groups -OCH3 is 1. The summed E-state index contributed by atoms with van der Waals surface area (Å²) in [6.45, 7) is 4.86. The van der Waals surface area contributed by atoms with Crippen molar-refractivity contribution >= 4 is 22.6 Å². The molecular weight excluding hydrogens is 540 g/mol. The number of carbonyl (C=O) groups is 1.